The van der Waals surface area contributed by atoms with Gasteiger partial charge in [-0.1, -0.05) is 0 Å². The number of nitrogens with one attached hydrogen (secondary N) is 2. The van der Waals surface area contributed by atoms with Gasteiger partial charge in [0.1, 0.15) is 10.6 Å². The van der Waals surface area contributed by atoms with Gasteiger partial charge in [-0.3, -0.25) is 9.59 Å². The maximum Gasteiger partial charge on any atom is 0.372 e. The van der Waals surface area contributed by atoms with Crippen LogP contribution < -0.4 is 21.3 Å². The van der Waals surface area contributed by atoms with Crippen molar-refractivity contribution in [1.82, 2.24) is 9.97 Å². The van der Waals surface area contributed by atoms with E-state index < -0.39 is 5.97 Å². The number of fused-ring (bicyclic) bond motifs is 4. The Bertz CT molecular complexity index is 1170. The first kappa shape index (κ1) is 18.0. The first-order valence-corrected chi connectivity index (χ1v) is 9.34. The highest BCUT2D eigenvalue weighted by atomic mass is 32.1. The van der Waals surface area contributed by atoms with E-state index >= 15 is 0 Å². The van der Waals surface area contributed by atoms with Crippen LogP contribution in [0, 0.1) is 0 Å². The highest BCUT2D eigenvalue weighted by molar-refractivity contribution is 7.18. The van der Waals surface area contributed by atoms with Gasteiger partial charge in [0.05, 0.1) is 11.1 Å². The van der Waals surface area contributed by atoms with Gasteiger partial charge in [0.15, 0.2) is 6.61 Å². The number of H-pyrrole nitrogens is 1. The molecule has 1 aromatic carbocycles. The second-order valence-electron chi connectivity index (χ2n) is 6.35. The van der Waals surface area contributed by atoms with E-state index in [-0.39, 0.29) is 23.9 Å². The average molecular weight is 400 g/mol. The van der Waals surface area contributed by atoms with E-state index in [0.29, 0.717) is 27.3 Å². The summed E-state index contributed by atoms with van der Waals surface area (Å²) in [6, 6.07) is 5.15. The number of carbonyl (C=O) groups is 2. The normalized spacial score (nSPS) is 14.4. The van der Waals surface area contributed by atoms with E-state index in [1.54, 1.807) is 18.2 Å². The second kappa shape index (κ2) is 6.97. The molecule has 28 heavy (non-hydrogen) atoms. The molecule has 144 valence electrons. The highest BCUT2D eigenvalue weighted by Crippen LogP contribution is 2.34. The van der Waals surface area contributed by atoms with Crippen molar-refractivity contribution < 1.29 is 19.4 Å². The summed E-state index contributed by atoms with van der Waals surface area (Å²) in [7, 11) is 0. The number of amides is 1. The fourth-order valence-electron chi connectivity index (χ4n) is 3.20. The third-order valence-corrected chi connectivity index (χ3v) is 5.60. The predicted octanol–water partition coefficient (Wildman–Crippen LogP) is 1.77. The number of rotatable bonds is 1. The van der Waals surface area contributed by atoms with Crippen molar-refractivity contribution >= 4 is 44.8 Å². The van der Waals surface area contributed by atoms with Crippen LogP contribution in [0.25, 0.3) is 10.2 Å². The third-order valence-electron chi connectivity index (χ3n) is 4.41. The molecule has 0 unspecified atom stereocenters. The van der Waals surface area contributed by atoms with Crippen LogP contribution >= 0.6 is 11.3 Å². The summed E-state index contributed by atoms with van der Waals surface area (Å²) in [5.74, 6) is -0.957. The number of nitrogens with zero attached hydrogens (tertiary/aromatic N) is 1. The number of carbonyl (C=O) groups excluding carboxylic acids is 1. The van der Waals surface area contributed by atoms with Crippen molar-refractivity contribution in [2.45, 2.75) is 19.3 Å². The maximum absolute atomic E-state index is 11.8. The summed E-state index contributed by atoms with van der Waals surface area (Å²) in [4.78, 5) is 41.4. The SMILES string of the molecule is Nc1ccc2c(c1)NC(=O)CO2.O=C(O)c1nc2sc3c(c2c(=O)[nH]1)CCC3. The van der Waals surface area contributed by atoms with Gasteiger partial charge in [-0.15, -0.1) is 11.3 Å². The van der Waals surface area contributed by atoms with Crippen molar-refractivity contribution in [3.63, 3.8) is 0 Å². The smallest absolute Gasteiger partial charge is 0.372 e. The Morgan fingerprint density at radius 2 is 2.11 bits per heavy atom. The number of aryl methyl sites for hydroxylation is 2. The average Bonchev–Trinajstić information content (AvgIpc) is 3.22. The lowest BCUT2D eigenvalue weighted by Crippen LogP contribution is -2.25. The van der Waals surface area contributed by atoms with Crippen LogP contribution in [-0.2, 0) is 17.6 Å². The molecule has 0 saturated heterocycles. The van der Waals surface area contributed by atoms with Crippen molar-refractivity contribution in [1.29, 1.82) is 0 Å². The minimum Gasteiger partial charge on any atom is -0.482 e. The van der Waals surface area contributed by atoms with E-state index in [0.717, 1.165) is 24.8 Å². The number of thiophene rings is 1. The molecule has 9 nitrogen and oxygen atoms in total. The Morgan fingerprint density at radius 1 is 1.29 bits per heavy atom. The molecule has 5 rings (SSSR count). The van der Waals surface area contributed by atoms with Crippen LogP contribution in [0.1, 0.15) is 27.5 Å². The van der Waals surface area contributed by atoms with Gasteiger partial charge in [-0.25, -0.2) is 9.78 Å². The largest absolute Gasteiger partial charge is 0.482 e. The van der Waals surface area contributed by atoms with Crippen LogP contribution in [0.5, 0.6) is 5.75 Å². The van der Waals surface area contributed by atoms with Crippen LogP contribution in [0.3, 0.4) is 0 Å². The Balaban J connectivity index is 0.000000143. The molecule has 1 aliphatic carbocycles. The van der Waals surface area contributed by atoms with E-state index in [9.17, 15) is 14.4 Å². The molecule has 0 spiro atoms. The van der Waals surface area contributed by atoms with Crippen LogP contribution in [0.4, 0.5) is 11.4 Å². The highest BCUT2D eigenvalue weighted by Gasteiger charge is 2.22. The number of ether oxygens (including phenoxy) is 1. The molecule has 0 radical (unpaired) electrons. The Hall–Kier alpha value is -3.40. The number of benzene rings is 1. The lowest BCUT2D eigenvalue weighted by Gasteiger charge is -2.17. The molecule has 1 aliphatic heterocycles. The Kier molecular flexibility index (Phi) is 4.47. The zero-order valence-electron chi connectivity index (χ0n) is 14.6. The van der Waals surface area contributed by atoms with Gasteiger partial charge in [-0.05, 0) is 43.0 Å². The summed E-state index contributed by atoms with van der Waals surface area (Å²) >= 11 is 1.44. The Labute approximate surface area is 162 Å². The van der Waals surface area contributed by atoms with Gasteiger partial charge in [0, 0.05) is 10.6 Å². The third kappa shape index (κ3) is 3.29. The molecule has 10 heteroatoms. The fraction of sp³-hybridized carbons (Fsp3) is 0.222. The van der Waals surface area contributed by atoms with E-state index in [1.165, 1.54) is 16.2 Å². The van der Waals surface area contributed by atoms with Crippen molar-refractivity contribution in [2.75, 3.05) is 17.7 Å². The predicted molar refractivity (Wildman–Crippen MR) is 104 cm³/mol. The van der Waals surface area contributed by atoms with Gasteiger partial charge < -0.3 is 25.9 Å². The fourth-order valence-corrected chi connectivity index (χ4v) is 4.47. The molecule has 3 heterocycles. The number of aromatic carboxylic acids is 1. The van der Waals surface area contributed by atoms with E-state index in [1.807, 2.05) is 0 Å². The summed E-state index contributed by atoms with van der Waals surface area (Å²) < 4.78 is 5.12. The number of hydrogen-bond donors (Lipinski definition) is 4. The lowest BCUT2D eigenvalue weighted by molar-refractivity contribution is -0.118. The van der Waals surface area contributed by atoms with Crippen LogP contribution in [0.15, 0.2) is 23.0 Å². The molecule has 0 atom stereocenters. The second-order valence-corrected chi connectivity index (χ2v) is 7.43. The maximum atomic E-state index is 11.8. The van der Waals surface area contributed by atoms with Crippen molar-refractivity contribution in [3.05, 3.63) is 44.8 Å². The zero-order valence-corrected chi connectivity index (χ0v) is 15.4. The van der Waals surface area contributed by atoms with Gasteiger partial charge in [0.25, 0.3) is 11.5 Å². The van der Waals surface area contributed by atoms with Gasteiger partial charge >= 0.3 is 5.97 Å². The molecule has 2 aromatic heterocycles. The summed E-state index contributed by atoms with van der Waals surface area (Å²) in [5.41, 5.74) is 7.50. The van der Waals surface area contributed by atoms with E-state index in [2.05, 4.69) is 15.3 Å². The molecule has 0 saturated carbocycles. The lowest BCUT2D eigenvalue weighted by atomic mass is 10.2. The minimum atomic E-state index is -1.20. The molecule has 0 bridgehead atoms. The first-order valence-electron chi connectivity index (χ1n) is 8.52. The van der Waals surface area contributed by atoms with Crippen LogP contribution in [0.2, 0.25) is 0 Å². The van der Waals surface area contributed by atoms with E-state index in [4.69, 9.17) is 15.6 Å². The first-order chi connectivity index (χ1) is 13.4. The molecule has 0 fully saturated rings. The molecular weight excluding hydrogens is 384 g/mol. The van der Waals surface area contributed by atoms with Crippen LogP contribution in [-0.4, -0.2) is 33.6 Å². The molecular formula is C18H16N4O5S. The summed E-state index contributed by atoms with van der Waals surface area (Å²) in [6.45, 7) is 0.0803. The summed E-state index contributed by atoms with van der Waals surface area (Å²) in [5, 5.41) is 12.0. The number of aromatic nitrogens is 2. The minimum absolute atomic E-state index is 0.0803. The quantitative estimate of drug-likeness (QED) is 0.455. The number of anilines is 2. The van der Waals surface area contributed by atoms with Gasteiger partial charge in [0.2, 0.25) is 5.82 Å². The topological polar surface area (TPSA) is 147 Å². The number of hydrogen-bond acceptors (Lipinski definition) is 7. The summed E-state index contributed by atoms with van der Waals surface area (Å²) in [6.07, 6.45) is 2.93. The number of aromatic amines is 1. The van der Waals surface area contributed by atoms with Crippen molar-refractivity contribution in [3.8, 4) is 5.75 Å². The monoisotopic (exact) mass is 400 g/mol. The standard InChI is InChI=1S/C10H8N2O3S.C8H8N2O2/c13-8-6-4-2-1-3-5(4)16-9(6)12-7(11-8)10(14)15;9-5-1-2-7-6(3-5)10-8(11)4-12-7/h1-3H2,(H,14,15)(H,11,12,13);1-3H,4,9H2,(H,10,11). The van der Waals surface area contributed by atoms with Crippen molar-refractivity contribution in [2.24, 2.45) is 0 Å². The molecule has 5 N–H and O–H groups in total. The zero-order chi connectivity index (χ0) is 19.8. The number of carboxylic acid groups (broad SMARTS) is 1. The number of nitrogens with two attached hydrogens (primary N) is 1. The molecule has 2 aliphatic rings. The molecule has 3 aromatic rings. The number of nitrogen functional groups attached to an aromatic ring is 1. The number of carboxylic acids is 1. The van der Waals surface area contributed by atoms with Gasteiger partial charge in [-0.2, -0.15) is 0 Å². The Morgan fingerprint density at radius 3 is 2.89 bits per heavy atom. The molecule has 1 amide bonds.